The standard InChI is InChI=1S/C17H26ClN3O3/c1-12(18)15(22)21-9-5-13(6-10-21)11-14-19-16(20-24-14)17(23-2)7-3-4-8-17/h12-13H,3-11H2,1-2H3. The van der Waals surface area contributed by atoms with Gasteiger partial charge in [0, 0.05) is 26.6 Å². The highest BCUT2D eigenvalue weighted by atomic mass is 35.5. The van der Waals surface area contributed by atoms with E-state index in [9.17, 15) is 4.79 Å². The Balaban J connectivity index is 1.56. The lowest BCUT2D eigenvalue weighted by Crippen LogP contribution is -2.41. The van der Waals surface area contributed by atoms with Crippen molar-refractivity contribution >= 4 is 17.5 Å². The van der Waals surface area contributed by atoms with E-state index in [-0.39, 0.29) is 11.5 Å². The van der Waals surface area contributed by atoms with E-state index in [1.54, 1.807) is 14.0 Å². The first-order valence-corrected chi connectivity index (χ1v) is 9.29. The zero-order valence-electron chi connectivity index (χ0n) is 14.5. The van der Waals surface area contributed by atoms with Crippen LogP contribution in [0.4, 0.5) is 0 Å². The summed E-state index contributed by atoms with van der Waals surface area (Å²) in [4.78, 5) is 18.4. The maximum Gasteiger partial charge on any atom is 0.240 e. The van der Waals surface area contributed by atoms with Crippen molar-refractivity contribution in [2.45, 2.75) is 62.8 Å². The molecule has 0 aromatic carbocycles. The van der Waals surface area contributed by atoms with Gasteiger partial charge in [-0.2, -0.15) is 4.98 Å². The van der Waals surface area contributed by atoms with E-state index < -0.39 is 5.38 Å². The molecule has 1 aromatic heterocycles. The molecule has 7 heteroatoms. The number of carbonyl (C=O) groups excluding carboxylic acids is 1. The third-order valence-corrected chi connectivity index (χ3v) is 5.59. The molecule has 0 radical (unpaired) electrons. The fourth-order valence-electron chi connectivity index (χ4n) is 3.84. The second-order valence-corrected chi connectivity index (χ2v) is 7.66. The number of aromatic nitrogens is 2. The molecule has 6 nitrogen and oxygen atoms in total. The minimum absolute atomic E-state index is 0.0264. The van der Waals surface area contributed by atoms with E-state index in [2.05, 4.69) is 10.1 Å². The highest BCUT2D eigenvalue weighted by molar-refractivity contribution is 6.30. The van der Waals surface area contributed by atoms with Gasteiger partial charge in [0.25, 0.3) is 0 Å². The molecule has 2 aliphatic rings. The largest absolute Gasteiger partial charge is 0.370 e. The first kappa shape index (κ1) is 17.7. The number of methoxy groups -OCH3 is 1. The second kappa shape index (κ2) is 7.40. The van der Waals surface area contributed by atoms with Gasteiger partial charge in [0.05, 0.1) is 0 Å². The maximum atomic E-state index is 11.9. The molecule has 2 fully saturated rings. The summed E-state index contributed by atoms with van der Waals surface area (Å²) in [6.45, 7) is 3.23. The Morgan fingerprint density at radius 1 is 1.42 bits per heavy atom. The summed E-state index contributed by atoms with van der Waals surface area (Å²) in [5.74, 6) is 1.87. The smallest absolute Gasteiger partial charge is 0.240 e. The van der Waals surface area contributed by atoms with Crippen molar-refractivity contribution in [3.63, 3.8) is 0 Å². The van der Waals surface area contributed by atoms with Crippen LogP contribution in [0.3, 0.4) is 0 Å². The molecular weight excluding hydrogens is 330 g/mol. The number of hydrogen-bond acceptors (Lipinski definition) is 5. The average Bonchev–Trinajstić information content (AvgIpc) is 3.24. The Bertz CT molecular complexity index is 561. The lowest BCUT2D eigenvalue weighted by molar-refractivity contribution is -0.131. The molecule has 3 rings (SSSR count). The minimum atomic E-state index is -0.448. The summed E-state index contributed by atoms with van der Waals surface area (Å²) in [6.07, 6.45) is 6.86. The van der Waals surface area contributed by atoms with E-state index in [1.165, 1.54) is 0 Å². The number of amides is 1. The number of hydrogen-bond donors (Lipinski definition) is 0. The van der Waals surface area contributed by atoms with Crippen LogP contribution in [0.2, 0.25) is 0 Å². The number of halogens is 1. The summed E-state index contributed by atoms with van der Waals surface area (Å²) < 4.78 is 11.2. The highest BCUT2D eigenvalue weighted by Crippen LogP contribution is 2.40. The first-order valence-electron chi connectivity index (χ1n) is 8.85. The first-order chi connectivity index (χ1) is 11.5. The Kier molecular flexibility index (Phi) is 5.45. The Morgan fingerprint density at radius 3 is 2.67 bits per heavy atom. The van der Waals surface area contributed by atoms with Gasteiger partial charge in [0.2, 0.25) is 17.6 Å². The summed E-state index contributed by atoms with van der Waals surface area (Å²) in [5, 5.41) is 3.73. The Labute approximate surface area is 147 Å². The van der Waals surface area contributed by atoms with E-state index in [0.29, 0.717) is 17.6 Å². The van der Waals surface area contributed by atoms with E-state index in [4.69, 9.17) is 20.9 Å². The third kappa shape index (κ3) is 3.59. The second-order valence-electron chi connectivity index (χ2n) is 7.01. The molecule has 2 heterocycles. The van der Waals surface area contributed by atoms with Crippen LogP contribution < -0.4 is 0 Å². The Morgan fingerprint density at radius 2 is 2.08 bits per heavy atom. The SMILES string of the molecule is COC1(c2noc(CC3CCN(C(=O)C(C)Cl)CC3)n2)CCCC1. The molecule has 134 valence electrons. The van der Waals surface area contributed by atoms with Gasteiger partial charge in [-0.3, -0.25) is 4.79 Å². The van der Waals surface area contributed by atoms with Crippen LogP contribution in [0.5, 0.6) is 0 Å². The fourth-order valence-corrected chi connectivity index (χ4v) is 3.98. The predicted molar refractivity (Wildman–Crippen MR) is 89.8 cm³/mol. The molecule has 0 bridgehead atoms. The zero-order valence-corrected chi connectivity index (χ0v) is 15.2. The Hall–Kier alpha value is -1.14. The highest BCUT2D eigenvalue weighted by Gasteiger charge is 2.40. The molecule has 1 saturated heterocycles. The number of rotatable bonds is 5. The van der Waals surface area contributed by atoms with Crippen LogP contribution in [0.15, 0.2) is 4.52 Å². The van der Waals surface area contributed by atoms with Crippen LogP contribution in [0, 0.1) is 5.92 Å². The van der Waals surface area contributed by atoms with Crippen LogP contribution in [-0.4, -0.2) is 46.5 Å². The zero-order chi connectivity index (χ0) is 17.2. The van der Waals surface area contributed by atoms with Crippen molar-refractivity contribution in [2.75, 3.05) is 20.2 Å². The summed E-state index contributed by atoms with van der Waals surface area (Å²) >= 11 is 5.88. The topological polar surface area (TPSA) is 68.5 Å². The van der Waals surface area contributed by atoms with Crippen LogP contribution in [-0.2, 0) is 21.6 Å². The van der Waals surface area contributed by atoms with Crippen LogP contribution in [0.25, 0.3) is 0 Å². The minimum Gasteiger partial charge on any atom is -0.370 e. The third-order valence-electron chi connectivity index (χ3n) is 5.41. The van der Waals surface area contributed by atoms with Crippen molar-refractivity contribution in [3.8, 4) is 0 Å². The molecule has 24 heavy (non-hydrogen) atoms. The molecule has 1 aliphatic heterocycles. The molecule has 1 atom stereocenters. The number of piperidine rings is 1. The quantitative estimate of drug-likeness (QED) is 0.759. The number of nitrogens with zero attached hydrogens (tertiary/aromatic N) is 3. The van der Waals surface area contributed by atoms with E-state index in [0.717, 1.165) is 58.0 Å². The summed E-state index contributed by atoms with van der Waals surface area (Å²) in [7, 11) is 1.73. The van der Waals surface area contributed by atoms with Crippen LogP contribution >= 0.6 is 11.6 Å². The molecule has 1 aliphatic carbocycles. The molecular formula is C17H26ClN3O3. The normalized spacial score (nSPS) is 22.7. The monoisotopic (exact) mass is 355 g/mol. The van der Waals surface area contributed by atoms with Crippen molar-refractivity contribution in [1.82, 2.24) is 15.0 Å². The van der Waals surface area contributed by atoms with Gasteiger partial charge in [-0.1, -0.05) is 5.16 Å². The van der Waals surface area contributed by atoms with Gasteiger partial charge in [-0.25, -0.2) is 0 Å². The van der Waals surface area contributed by atoms with Gasteiger partial charge >= 0.3 is 0 Å². The van der Waals surface area contributed by atoms with Crippen molar-refractivity contribution in [2.24, 2.45) is 5.92 Å². The van der Waals surface area contributed by atoms with Gasteiger partial charge in [0.1, 0.15) is 11.0 Å². The molecule has 1 saturated carbocycles. The number of carbonyl (C=O) groups is 1. The average molecular weight is 356 g/mol. The molecule has 0 spiro atoms. The summed E-state index contributed by atoms with van der Waals surface area (Å²) in [5.41, 5.74) is -0.353. The van der Waals surface area contributed by atoms with E-state index >= 15 is 0 Å². The molecule has 1 aromatic rings. The van der Waals surface area contributed by atoms with Gasteiger partial charge in [0.15, 0.2) is 0 Å². The molecule has 1 unspecified atom stereocenters. The molecule has 0 N–H and O–H groups in total. The van der Waals surface area contributed by atoms with Gasteiger partial charge in [-0.05, 0) is 51.4 Å². The molecule has 1 amide bonds. The predicted octanol–water partition coefficient (Wildman–Crippen LogP) is 2.89. The lowest BCUT2D eigenvalue weighted by atomic mass is 9.93. The van der Waals surface area contributed by atoms with Crippen molar-refractivity contribution in [1.29, 1.82) is 0 Å². The van der Waals surface area contributed by atoms with Gasteiger partial charge < -0.3 is 14.2 Å². The number of ether oxygens (including phenoxy) is 1. The fraction of sp³-hybridized carbons (Fsp3) is 0.824. The van der Waals surface area contributed by atoms with Crippen molar-refractivity contribution < 1.29 is 14.1 Å². The van der Waals surface area contributed by atoms with Crippen LogP contribution in [0.1, 0.15) is 57.2 Å². The lowest BCUT2D eigenvalue weighted by Gasteiger charge is -2.32. The maximum absolute atomic E-state index is 11.9. The van der Waals surface area contributed by atoms with E-state index in [1.807, 2.05) is 4.90 Å². The number of likely N-dealkylation sites (tertiary alicyclic amines) is 1. The summed E-state index contributed by atoms with van der Waals surface area (Å²) in [6, 6.07) is 0. The number of alkyl halides is 1. The van der Waals surface area contributed by atoms with Gasteiger partial charge in [-0.15, -0.1) is 11.6 Å². The van der Waals surface area contributed by atoms with Crippen molar-refractivity contribution in [3.05, 3.63) is 11.7 Å².